The van der Waals surface area contributed by atoms with E-state index < -0.39 is 5.60 Å². The minimum absolute atomic E-state index is 0.266. The molecule has 1 fully saturated rings. The number of rotatable bonds is 3. The Hall–Kier alpha value is -0.900. The zero-order valence-corrected chi connectivity index (χ0v) is 10.7. The quantitative estimate of drug-likeness (QED) is 0.830. The van der Waals surface area contributed by atoms with Crippen LogP contribution in [0.3, 0.4) is 0 Å². The van der Waals surface area contributed by atoms with E-state index in [0.29, 0.717) is 6.54 Å². The monoisotopic (exact) mass is 234 g/mol. The van der Waals surface area contributed by atoms with E-state index in [2.05, 4.69) is 30.9 Å². The molecule has 94 valence electrons. The van der Waals surface area contributed by atoms with Crippen LogP contribution >= 0.6 is 0 Å². The molecule has 0 aromatic heterocycles. The predicted octanol–water partition coefficient (Wildman–Crippen LogP) is 1.36. The fourth-order valence-electron chi connectivity index (χ4n) is 2.63. The van der Waals surface area contributed by atoms with E-state index in [1.165, 1.54) is 5.56 Å². The molecule has 1 heterocycles. The highest BCUT2D eigenvalue weighted by Crippen LogP contribution is 2.38. The molecule has 1 unspecified atom stereocenters. The first kappa shape index (κ1) is 12.6. The molecule has 2 rings (SSSR count). The molecule has 0 bridgehead atoms. The van der Waals surface area contributed by atoms with Gasteiger partial charge < -0.3 is 10.8 Å². The van der Waals surface area contributed by atoms with Gasteiger partial charge in [0.2, 0.25) is 0 Å². The van der Waals surface area contributed by atoms with Crippen molar-refractivity contribution >= 4 is 0 Å². The predicted molar refractivity (Wildman–Crippen MR) is 69.6 cm³/mol. The Bertz CT molecular complexity index is 377. The summed E-state index contributed by atoms with van der Waals surface area (Å²) >= 11 is 0. The van der Waals surface area contributed by atoms with Crippen molar-refractivity contribution in [3.8, 4) is 0 Å². The van der Waals surface area contributed by atoms with E-state index in [4.69, 9.17) is 5.73 Å². The molecule has 1 saturated heterocycles. The first-order chi connectivity index (χ1) is 7.99. The summed E-state index contributed by atoms with van der Waals surface area (Å²) in [7, 11) is 0. The van der Waals surface area contributed by atoms with E-state index >= 15 is 0 Å². The SMILES string of the molecule is CC1(C)N(Cc2ccccc2)CCC1(O)CN. The lowest BCUT2D eigenvalue weighted by Crippen LogP contribution is -2.57. The van der Waals surface area contributed by atoms with Crippen LogP contribution in [0, 0.1) is 0 Å². The van der Waals surface area contributed by atoms with Gasteiger partial charge in [-0.1, -0.05) is 30.3 Å². The van der Waals surface area contributed by atoms with Crippen LogP contribution in [0.2, 0.25) is 0 Å². The van der Waals surface area contributed by atoms with Crippen LogP contribution in [-0.2, 0) is 6.54 Å². The maximum atomic E-state index is 10.5. The van der Waals surface area contributed by atoms with Crippen molar-refractivity contribution in [1.82, 2.24) is 4.90 Å². The van der Waals surface area contributed by atoms with Crippen molar-refractivity contribution in [2.45, 2.75) is 38.0 Å². The highest BCUT2D eigenvalue weighted by molar-refractivity contribution is 5.17. The second-order valence-corrected chi connectivity index (χ2v) is 5.45. The molecule has 3 N–H and O–H groups in total. The second kappa shape index (κ2) is 4.41. The van der Waals surface area contributed by atoms with Crippen LogP contribution < -0.4 is 5.73 Å². The molecule has 1 atom stereocenters. The van der Waals surface area contributed by atoms with Gasteiger partial charge in [-0.25, -0.2) is 0 Å². The summed E-state index contributed by atoms with van der Waals surface area (Å²) in [6.45, 7) is 6.25. The molecular weight excluding hydrogens is 212 g/mol. The number of hydrogen-bond donors (Lipinski definition) is 2. The van der Waals surface area contributed by atoms with Crippen molar-refractivity contribution < 1.29 is 5.11 Å². The van der Waals surface area contributed by atoms with Gasteiger partial charge in [-0.3, -0.25) is 4.90 Å². The molecule has 1 aliphatic rings. The summed E-state index contributed by atoms with van der Waals surface area (Å²) < 4.78 is 0. The summed E-state index contributed by atoms with van der Waals surface area (Å²) in [5.74, 6) is 0. The molecule has 17 heavy (non-hydrogen) atoms. The van der Waals surface area contributed by atoms with Gasteiger partial charge >= 0.3 is 0 Å². The number of hydrogen-bond acceptors (Lipinski definition) is 3. The average molecular weight is 234 g/mol. The van der Waals surface area contributed by atoms with Gasteiger partial charge in [0.15, 0.2) is 0 Å². The third-order valence-electron chi connectivity index (χ3n) is 4.28. The smallest absolute Gasteiger partial charge is 0.0958 e. The normalized spacial score (nSPS) is 28.5. The lowest BCUT2D eigenvalue weighted by Gasteiger charge is -2.41. The van der Waals surface area contributed by atoms with Gasteiger partial charge in [-0.2, -0.15) is 0 Å². The number of nitrogens with zero attached hydrogens (tertiary/aromatic N) is 1. The number of benzene rings is 1. The fraction of sp³-hybridized carbons (Fsp3) is 0.571. The Balaban J connectivity index is 2.14. The van der Waals surface area contributed by atoms with E-state index in [-0.39, 0.29) is 5.54 Å². The van der Waals surface area contributed by atoms with Crippen LogP contribution in [-0.4, -0.2) is 34.2 Å². The zero-order valence-electron chi connectivity index (χ0n) is 10.7. The highest BCUT2D eigenvalue weighted by Gasteiger charge is 2.51. The topological polar surface area (TPSA) is 49.5 Å². The van der Waals surface area contributed by atoms with Crippen molar-refractivity contribution in [1.29, 1.82) is 0 Å². The maximum absolute atomic E-state index is 10.5. The number of likely N-dealkylation sites (tertiary alicyclic amines) is 1. The van der Waals surface area contributed by atoms with E-state index in [1.54, 1.807) is 0 Å². The van der Waals surface area contributed by atoms with Gasteiger partial charge in [0, 0.05) is 25.2 Å². The molecule has 0 amide bonds. The second-order valence-electron chi connectivity index (χ2n) is 5.45. The summed E-state index contributed by atoms with van der Waals surface area (Å²) in [6.07, 6.45) is 0.753. The molecule has 3 nitrogen and oxygen atoms in total. The van der Waals surface area contributed by atoms with Crippen LogP contribution in [0.1, 0.15) is 25.8 Å². The zero-order chi connectivity index (χ0) is 12.5. The lowest BCUT2D eigenvalue weighted by atomic mass is 9.83. The van der Waals surface area contributed by atoms with Gasteiger partial charge in [0.25, 0.3) is 0 Å². The Morgan fingerprint density at radius 3 is 2.47 bits per heavy atom. The summed E-state index contributed by atoms with van der Waals surface area (Å²) in [6, 6.07) is 10.4. The molecule has 1 aromatic carbocycles. The Labute approximate surface area is 103 Å². The molecule has 0 aliphatic carbocycles. The maximum Gasteiger partial charge on any atom is 0.0958 e. The van der Waals surface area contributed by atoms with Gasteiger partial charge in [0.1, 0.15) is 0 Å². The third-order valence-corrected chi connectivity index (χ3v) is 4.28. The average Bonchev–Trinajstić information content (AvgIpc) is 2.55. The fourth-order valence-corrected chi connectivity index (χ4v) is 2.63. The largest absolute Gasteiger partial charge is 0.387 e. The first-order valence-corrected chi connectivity index (χ1v) is 6.21. The van der Waals surface area contributed by atoms with E-state index in [1.807, 2.05) is 18.2 Å². The van der Waals surface area contributed by atoms with Crippen molar-refractivity contribution in [3.05, 3.63) is 35.9 Å². The standard InChI is InChI=1S/C14H22N2O/c1-13(2)14(17,11-15)8-9-16(13)10-12-6-4-3-5-7-12/h3-7,17H,8-11,15H2,1-2H3. The molecule has 0 saturated carbocycles. The Kier molecular flexibility index (Phi) is 3.25. The van der Waals surface area contributed by atoms with Crippen molar-refractivity contribution in [2.75, 3.05) is 13.1 Å². The van der Waals surface area contributed by atoms with Crippen LogP contribution in [0.15, 0.2) is 30.3 Å². The molecule has 3 heteroatoms. The van der Waals surface area contributed by atoms with Crippen molar-refractivity contribution in [2.24, 2.45) is 5.73 Å². The Morgan fingerprint density at radius 1 is 1.29 bits per heavy atom. The van der Waals surface area contributed by atoms with Crippen molar-refractivity contribution in [3.63, 3.8) is 0 Å². The molecule has 0 radical (unpaired) electrons. The summed E-state index contributed by atoms with van der Waals surface area (Å²) in [5.41, 5.74) is 5.97. The van der Waals surface area contributed by atoms with Gasteiger partial charge in [-0.05, 0) is 25.8 Å². The molecular formula is C14H22N2O. The third kappa shape index (κ3) is 2.10. The molecule has 1 aliphatic heterocycles. The van der Waals surface area contributed by atoms with Crippen LogP contribution in [0.25, 0.3) is 0 Å². The Morgan fingerprint density at radius 2 is 1.94 bits per heavy atom. The highest BCUT2D eigenvalue weighted by atomic mass is 16.3. The summed E-state index contributed by atoms with van der Waals surface area (Å²) in [4.78, 5) is 2.31. The molecule has 0 spiro atoms. The van der Waals surface area contributed by atoms with Crippen LogP contribution in [0.4, 0.5) is 0 Å². The minimum Gasteiger partial charge on any atom is -0.387 e. The number of nitrogens with two attached hydrogens (primary N) is 1. The van der Waals surface area contributed by atoms with Crippen LogP contribution in [0.5, 0.6) is 0 Å². The van der Waals surface area contributed by atoms with E-state index in [9.17, 15) is 5.11 Å². The summed E-state index contributed by atoms with van der Waals surface area (Å²) in [5, 5.41) is 10.5. The number of aliphatic hydroxyl groups is 1. The van der Waals surface area contributed by atoms with Gasteiger partial charge in [0.05, 0.1) is 5.60 Å². The first-order valence-electron chi connectivity index (χ1n) is 6.21. The van der Waals surface area contributed by atoms with E-state index in [0.717, 1.165) is 19.5 Å². The lowest BCUT2D eigenvalue weighted by molar-refractivity contribution is -0.0391. The molecule has 1 aromatic rings. The van der Waals surface area contributed by atoms with Gasteiger partial charge in [-0.15, -0.1) is 0 Å². The minimum atomic E-state index is -0.762.